The minimum Gasteiger partial charge on any atom is -0.497 e. The van der Waals surface area contributed by atoms with Crippen molar-refractivity contribution in [3.05, 3.63) is 64.2 Å². The first-order valence-corrected chi connectivity index (χ1v) is 32.0. The maximum absolute atomic E-state index is 14.9. The summed E-state index contributed by atoms with van der Waals surface area (Å²) in [4.78, 5) is 44.7. The number of hydrogen-bond acceptors (Lipinski definition) is 16. The zero-order chi connectivity index (χ0) is 57.0. The Bertz CT molecular complexity index is 2450. The molecule has 2 aromatic carbocycles. The van der Waals surface area contributed by atoms with Crippen molar-refractivity contribution in [3.8, 4) is 40.9 Å². The summed E-state index contributed by atoms with van der Waals surface area (Å²) in [6.45, 7) is 21.3. The molecule has 0 spiro atoms. The van der Waals surface area contributed by atoms with E-state index in [0.717, 1.165) is 28.6 Å². The first-order chi connectivity index (χ1) is 36.4. The van der Waals surface area contributed by atoms with Gasteiger partial charge in [0.1, 0.15) is 42.1 Å². The molecule has 20 heteroatoms. The second-order valence-electron chi connectivity index (χ2n) is 21.5. The van der Waals surface area contributed by atoms with Crippen LogP contribution in [-0.4, -0.2) is 133 Å². The van der Waals surface area contributed by atoms with Crippen LogP contribution in [0.2, 0.25) is 41.3 Å². The quantitative estimate of drug-likeness (QED) is 0.0409. The summed E-state index contributed by atoms with van der Waals surface area (Å²) in [5.41, 5.74) is -4.46. The van der Waals surface area contributed by atoms with E-state index in [1.807, 2.05) is 39.0 Å². The molecule has 2 aromatic rings. The number of carbonyl (C=O) groups excluding carboxylic acids is 3. The van der Waals surface area contributed by atoms with Crippen LogP contribution in [-0.2, 0) is 53.4 Å². The van der Waals surface area contributed by atoms with E-state index in [4.69, 9.17) is 67.8 Å². The third-order valence-electron chi connectivity index (χ3n) is 14.3. The molecular weight excluding hydrogens is 1050 g/mol. The maximum Gasteiger partial charge on any atom is 0.420 e. The number of amides is 2. The molecule has 2 amide bonds. The smallest absolute Gasteiger partial charge is 0.420 e. The number of imide groups is 1. The number of aliphatic hydroxyl groups is 1. The van der Waals surface area contributed by atoms with Crippen molar-refractivity contribution >= 4 is 46.4 Å². The number of hydrogen-bond donors (Lipinski definition) is 1. The molecule has 2 aliphatic heterocycles. The van der Waals surface area contributed by atoms with Crippen LogP contribution in [0.5, 0.6) is 17.2 Å². The molecular formula is C57H82ClNO16Si2. The van der Waals surface area contributed by atoms with Gasteiger partial charge >= 0.3 is 18.2 Å². The number of nitrogens with zero attached hydrogens (tertiary/aromatic N) is 1. The zero-order valence-corrected chi connectivity index (χ0v) is 50.6. The monoisotopic (exact) mass is 1130 g/mol. The van der Waals surface area contributed by atoms with Crippen LogP contribution >= 0.6 is 11.6 Å². The summed E-state index contributed by atoms with van der Waals surface area (Å²) < 4.78 is 76.1. The van der Waals surface area contributed by atoms with Gasteiger partial charge in [0, 0.05) is 26.2 Å². The minimum atomic E-state index is -2.89. The number of esters is 1. The Morgan fingerprint density at radius 3 is 1.95 bits per heavy atom. The third kappa shape index (κ3) is 15.4. The fraction of sp³-hybridized carbons (Fsp3) is 0.632. The van der Waals surface area contributed by atoms with Gasteiger partial charge in [-0.05, 0) is 119 Å². The van der Waals surface area contributed by atoms with Gasteiger partial charge in [0.2, 0.25) is 0 Å². The van der Waals surface area contributed by atoms with Crippen molar-refractivity contribution in [2.45, 2.75) is 192 Å². The van der Waals surface area contributed by atoms with Crippen molar-refractivity contribution in [2.75, 3.05) is 41.5 Å². The van der Waals surface area contributed by atoms with Gasteiger partial charge in [-0.25, -0.2) is 14.5 Å². The molecule has 17 nitrogen and oxygen atoms in total. The molecule has 4 aliphatic rings. The normalized spacial score (nSPS) is 23.6. The van der Waals surface area contributed by atoms with E-state index in [9.17, 15) is 19.5 Å². The summed E-state index contributed by atoms with van der Waals surface area (Å²) in [5.74, 6) is 13.1. The van der Waals surface area contributed by atoms with Crippen molar-refractivity contribution in [1.82, 2.24) is 4.90 Å². The van der Waals surface area contributed by atoms with Crippen LogP contribution in [0.15, 0.2) is 48.0 Å². The molecule has 77 heavy (non-hydrogen) atoms. The van der Waals surface area contributed by atoms with Crippen molar-refractivity contribution in [3.63, 3.8) is 0 Å². The molecule has 7 atom stereocenters. The standard InChI is InChI=1S/C57H82ClNO16Si2/c1-16-76(17-2,18-3)74-56-29-28-41-32-43(69-37-64-13)34-57(41,75-77(19-4,20-5)21-6)48(27-26-47(56)60)71-51-44(58)30-40(31-46(51)70-38-65-14)45(59(52(62)72-54(7,8)9)53(63)73-55(10,11)12)33-50(61)68-36-49(56)67-35-39-22-24-42(66-15)25-23-39/h22-25,30-32,43,45,47-49,60H,16-21,33-38H2,1-15H3/t43-,45+,47+,48-,49+,56+,57-/m1/s1. The Balaban J connectivity index is 1.97. The summed E-state index contributed by atoms with van der Waals surface area (Å²) >= 11 is 7.39. The lowest BCUT2D eigenvalue weighted by Gasteiger charge is -2.44. The highest BCUT2D eigenvalue weighted by atomic mass is 35.5. The lowest BCUT2D eigenvalue weighted by atomic mass is 9.88. The predicted molar refractivity (Wildman–Crippen MR) is 296 cm³/mol. The Morgan fingerprint density at radius 1 is 0.818 bits per heavy atom. The summed E-state index contributed by atoms with van der Waals surface area (Å²) in [6, 6.07) is 12.7. The second kappa shape index (κ2) is 27.0. The van der Waals surface area contributed by atoms with Gasteiger partial charge in [-0.15, -0.1) is 0 Å². The molecule has 0 aromatic heterocycles. The predicted octanol–water partition coefficient (Wildman–Crippen LogP) is 11.0. The number of benzene rings is 2. The molecule has 4 bridgehead atoms. The van der Waals surface area contributed by atoms with E-state index >= 15 is 0 Å². The van der Waals surface area contributed by atoms with Gasteiger partial charge in [-0.3, -0.25) is 4.79 Å². The van der Waals surface area contributed by atoms with Gasteiger partial charge in [-0.2, -0.15) is 0 Å². The topological polar surface area (TPSA) is 185 Å². The van der Waals surface area contributed by atoms with Gasteiger partial charge in [-0.1, -0.05) is 89.0 Å². The van der Waals surface area contributed by atoms with E-state index in [1.165, 1.54) is 26.4 Å². The van der Waals surface area contributed by atoms with Gasteiger partial charge < -0.3 is 61.3 Å². The Morgan fingerprint density at radius 2 is 1.40 bits per heavy atom. The lowest BCUT2D eigenvalue weighted by Crippen LogP contribution is -2.61. The molecule has 0 unspecified atom stereocenters. The SMILES string of the molecule is CC[Si](CC)(CC)O[C@@]12C#CC3=C[C@@H](OCOC)C[C@]3(O[Si](CC)(CC)CC)[C@@H](C#C[C@@H]1O)Oc1c(Cl)cc(cc1OCOC)[C@@H](N(C(=O)OC(C)(C)C)C(=O)OC(C)(C)C)CC(=O)OC[C@@H]2OCc1ccc(OC)cc1. The molecule has 0 fully saturated rings. The van der Waals surface area contributed by atoms with Crippen LogP contribution in [0.1, 0.15) is 113 Å². The average Bonchev–Trinajstić information content (AvgIpc) is 3.77. The third-order valence-corrected chi connectivity index (χ3v) is 23.8. The number of halogens is 1. The van der Waals surface area contributed by atoms with Crippen molar-refractivity contribution in [2.24, 2.45) is 0 Å². The van der Waals surface area contributed by atoms with Crippen LogP contribution in [0, 0.1) is 23.7 Å². The largest absolute Gasteiger partial charge is 0.497 e. The molecule has 0 saturated heterocycles. The number of carbonyl (C=O) groups is 3. The van der Waals surface area contributed by atoms with Gasteiger partial charge in [0.25, 0.3) is 0 Å². The molecule has 6 rings (SSSR count). The second-order valence-corrected chi connectivity index (χ2v) is 31.3. The highest BCUT2D eigenvalue weighted by molar-refractivity contribution is 6.74. The van der Waals surface area contributed by atoms with Crippen molar-refractivity contribution < 1.29 is 75.7 Å². The van der Waals surface area contributed by atoms with E-state index in [-0.39, 0.29) is 48.7 Å². The van der Waals surface area contributed by atoms with Crippen LogP contribution < -0.4 is 14.2 Å². The van der Waals surface area contributed by atoms with E-state index in [2.05, 4.69) is 44.5 Å². The summed E-state index contributed by atoms with van der Waals surface area (Å²) in [7, 11) is -1.07. The highest BCUT2D eigenvalue weighted by Gasteiger charge is 2.57. The first-order valence-electron chi connectivity index (χ1n) is 26.6. The number of ether oxygens (including phenoxy) is 10. The van der Waals surface area contributed by atoms with Crippen LogP contribution in [0.4, 0.5) is 9.59 Å². The fourth-order valence-corrected chi connectivity index (χ4v) is 15.8. The molecule has 0 saturated carbocycles. The minimum absolute atomic E-state index is 0.0217. The number of fused-ring (bicyclic) bond motifs is 8. The summed E-state index contributed by atoms with van der Waals surface area (Å²) in [5, 5.41) is 13.1. The van der Waals surface area contributed by atoms with Crippen LogP contribution in [0.25, 0.3) is 0 Å². The molecule has 0 radical (unpaired) electrons. The molecule has 2 aliphatic carbocycles. The van der Waals surface area contributed by atoms with Crippen LogP contribution in [0.3, 0.4) is 0 Å². The Kier molecular flexibility index (Phi) is 22.2. The number of aliphatic hydroxyl groups excluding tert-OH is 1. The average molecular weight is 1130 g/mol. The Labute approximate surface area is 463 Å². The lowest BCUT2D eigenvalue weighted by molar-refractivity contribution is -0.163. The van der Waals surface area contributed by atoms with E-state index in [1.54, 1.807) is 60.8 Å². The van der Waals surface area contributed by atoms with E-state index < -0.39 is 101 Å². The van der Waals surface area contributed by atoms with Gasteiger partial charge in [0.15, 0.2) is 52.7 Å². The Hall–Kier alpha value is -4.65. The number of methoxy groups -OCH3 is 3. The fourth-order valence-electron chi connectivity index (χ4n) is 9.57. The number of rotatable bonds is 21. The maximum atomic E-state index is 14.9. The summed E-state index contributed by atoms with van der Waals surface area (Å²) in [6.07, 6.45) is -5.94. The zero-order valence-electron chi connectivity index (χ0n) is 47.8. The highest BCUT2D eigenvalue weighted by Crippen LogP contribution is 2.48. The van der Waals surface area contributed by atoms with Crippen molar-refractivity contribution in [1.29, 1.82) is 0 Å². The molecule has 2 heterocycles. The van der Waals surface area contributed by atoms with Gasteiger partial charge in [0.05, 0.1) is 37.3 Å². The molecule has 1 N–H and O–H groups in total. The van der Waals surface area contributed by atoms with E-state index in [0.29, 0.717) is 29.5 Å². The molecule has 426 valence electrons. The first kappa shape index (κ1) is 63.2.